The Bertz CT molecular complexity index is 929. The minimum absolute atomic E-state index is 0.0562. The summed E-state index contributed by atoms with van der Waals surface area (Å²) >= 11 is 0. The minimum atomic E-state index is -0.542. The normalized spacial score (nSPS) is 16.2. The average Bonchev–Trinajstić information content (AvgIpc) is 2.86. The highest BCUT2D eigenvalue weighted by atomic mass is 16.5. The quantitative estimate of drug-likeness (QED) is 0.503. The fraction of sp³-hybridized carbons (Fsp3) is 0.321. The van der Waals surface area contributed by atoms with Gasteiger partial charge in [-0.15, -0.1) is 0 Å². The van der Waals surface area contributed by atoms with Gasteiger partial charge >= 0.3 is 0 Å². The molecule has 0 saturated carbocycles. The minimum Gasteiger partial charge on any atom is -0.369 e. The van der Waals surface area contributed by atoms with E-state index < -0.39 is 5.41 Å². The molecule has 0 spiro atoms. The molecule has 1 fully saturated rings. The average molecular weight is 429 g/mol. The van der Waals surface area contributed by atoms with E-state index in [1.807, 2.05) is 42.5 Å². The molecule has 4 rings (SSSR count). The molecule has 0 unspecified atom stereocenters. The van der Waals surface area contributed by atoms with Crippen LogP contribution < -0.4 is 5.73 Å². The first-order chi connectivity index (χ1) is 15.7. The highest BCUT2D eigenvalue weighted by Gasteiger charge is 2.41. The number of piperidine rings is 1. The van der Waals surface area contributed by atoms with Crippen molar-refractivity contribution in [2.75, 3.05) is 26.2 Å². The standard InChI is InChI=1S/C28H32N2O2/c29-27(31)28(25-15-8-3-9-16-25)17-20-30(21-18-28)19-10-22-32-26(23-11-4-1-5-12-23)24-13-6-2-7-14-24/h1-9,11-16,26H,10,17-22H2,(H2,29,31). The lowest BCUT2D eigenvalue weighted by Crippen LogP contribution is -2.50. The predicted octanol–water partition coefficient (Wildman–Crippen LogP) is 4.70. The smallest absolute Gasteiger partial charge is 0.228 e. The molecular formula is C28H32N2O2. The van der Waals surface area contributed by atoms with Crippen molar-refractivity contribution in [3.8, 4) is 0 Å². The van der Waals surface area contributed by atoms with E-state index in [2.05, 4.69) is 53.4 Å². The molecule has 0 bridgehead atoms. The van der Waals surface area contributed by atoms with Gasteiger partial charge in [0.2, 0.25) is 5.91 Å². The molecule has 1 aliphatic rings. The van der Waals surface area contributed by atoms with Gasteiger partial charge in [0.1, 0.15) is 6.10 Å². The van der Waals surface area contributed by atoms with Crippen LogP contribution in [0.5, 0.6) is 0 Å². The fourth-order valence-corrected chi connectivity index (χ4v) is 4.72. The third kappa shape index (κ3) is 5.09. The largest absolute Gasteiger partial charge is 0.369 e. The van der Waals surface area contributed by atoms with E-state index in [0.29, 0.717) is 6.61 Å². The van der Waals surface area contributed by atoms with Gasteiger partial charge in [0.25, 0.3) is 0 Å². The Morgan fingerprint density at radius 3 is 1.84 bits per heavy atom. The zero-order valence-corrected chi connectivity index (χ0v) is 18.5. The van der Waals surface area contributed by atoms with Gasteiger partial charge in [-0.3, -0.25) is 4.79 Å². The maximum Gasteiger partial charge on any atom is 0.228 e. The summed E-state index contributed by atoms with van der Waals surface area (Å²) in [7, 11) is 0. The fourth-order valence-electron chi connectivity index (χ4n) is 4.72. The van der Waals surface area contributed by atoms with Gasteiger partial charge < -0.3 is 15.4 Å². The van der Waals surface area contributed by atoms with Gasteiger partial charge in [0, 0.05) is 13.2 Å². The highest BCUT2D eigenvalue weighted by molar-refractivity contribution is 5.86. The van der Waals surface area contributed by atoms with Crippen LogP contribution in [0.15, 0.2) is 91.0 Å². The molecule has 0 aliphatic carbocycles. The Morgan fingerprint density at radius 1 is 0.844 bits per heavy atom. The van der Waals surface area contributed by atoms with Crippen molar-refractivity contribution in [1.29, 1.82) is 0 Å². The third-order valence-electron chi connectivity index (χ3n) is 6.62. The van der Waals surface area contributed by atoms with E-state index in [0.717, 1.165) is 44.5 Å². The Balaban J connectivity index is 1.31. The summed E-state index contributed by atoms with van der Waals surface area (Å²) in [6.07, 6.45) is 2.43. The van der Waals surface area contributed by atoms with Crippen LogP contribution in [0.2, 0.25) is 0 Å². The predicted molar refractivity (Wildman–Crippen MR) is 128 cm³/mol. The Hall–Kier alpha value is -2.95. The lowest BCUT2D eigenvalue weighted by molar-refractivity contribution is -0.125. The van der Waals surface area contributed by atoms with Crippen LogP contribution >= 0.6 is 0 Å². The van der Waals surface area contributed by atoms with Gasteiger partial charge in [-0.25, -0.2) is 0 Å². The Kier molecular flexibility index (Phi) is 7.35. The molecule has 0 aromatic heterocycles. The summed E-state index contributed by atoms with van der Waals surface area (Å²) in [5, 5.41) is 0. The van der Waals surface area contributed by atoms with Gasteiger partial charge in [-0.1, -0.05) is 91.0 Å². The van der Waals surface area contributed by atoms with Gasteiger partial charge in [0.05, 0.1) is 5.41 Å². The van der Waals surface area contributed by atoms with Crippen molar-refractivity contribution in [3.63, 3.8) is 0 Å². The SMILES string of the molecule is NC(=O)C1(c2ccccc2)CCN(CCCOC(c2ccccc2)c2ccccc2)CC1. The van der Waals surface area contributed by atoms with E-state index in [9.17, 15) is 4.79 Å². The lowest BCUT2D eigenvalue weighted by Gasteiger charge is -2.40. The molecule has 32 heavy (non-hydrogen) atoms. The summed E-state index contributed by atoms with van der Waals surface area (Å²) < 4.78 is 6.35. The number of carbonyl (C=O) groups is 1. The molecule has 1 amide bonds. The van der Waals surface area contributed by atoms with E-state index in [-0.39, 0.29) is 12.0 Å². The Labute approximate surface area is 191 Å². The summed E-state index contributed by atoms with van der Waals surface area (Å²) in [5.41, 5.74) is 8.72. The van der Waals surface area contributed by atoms with E-state index >= 15 is 0 Å². The van der Waals surface area contributed by atoms with Crippen LogP contribution in [0.4, 0.5) is 0 Å². The molecule has 3 aromatic carbocycles. The van der Waals surface area contributed by atoms with Crippen molar-refractivity contribution in [3.05, 3.63) is 108 Å². The molecule has 0 radical (unpaired) electrons. The zero-order valence-electron chi connectivity index (χ0n) is 18.5. The molecule has 3 aromatic rings. The van der Waals surface area contributed by atoms with E-state index in [4.69, 9.17) is 10.5 Å². The maximum absolute atomic E-state index is 12.4. The van der Waals surface area contributed by atoms with Crippen LogP contribution in [0.3, 0.4) is 0 Å². The number of amides is 1. The van der Waals surface area contributed by atoms with Crippen molar-refractivity contribution < 1.29 is 9.53 Å². The summed E-state index contributed by atoms with van der Waals surface area (Å²) in [6, 6.07) is 30.8. The molecule has 1 saturated heterocycles. The summed E-state index contributed by atoms with van der Waals surface area (Å²) in [6.45, 7) is 3.39. The van der Waals surface area contributed by atoms with Crippen LogP contribution in [-0.4, -0.2) is 37.0 Å². The van der Waals surface area contributed by atoms with Crippen molar-refractivity contribution in [2.24, 2.45) is 5.73 Å². The molecule has 1 aliphatic heterocycles. The van der Waals surface area contributed by atoms with Crippen LogP contribution in [0.1, 0.15) is 42.1 Å². The van der Waals surface area contributed by atoms with Gasteiger partial charge in [-0.2, -0.15) is 0 Å². The number of rotatable bonds is 9. The number of primary amides is 1. The second-order valence-electron chi connectivity index (χ2n) is 8.58. The second kappa shape index (κ2) is 10.6. The number of ether oxygens (including phenoxy) is 1. The highest BCUT2D eigenvalue weighted by Crippen LogP contribution is 2.35. The third-order valence-corrected chi connectivity index (χ3v) is 6.62. The van der Waals surface area contributed by atoms with Gasteiger partial charge in [-0.05, 0) is 49.0 Å². The number of carbonyl (C=O) groups excluding carboxylic acids is 1. The Morgan fingerprint density at radius 2 is 1.34 bits per heavy atom. The second-order valence-corrected chi connectivity index (χ2v) is 8.58. The van der Waals surface area contributed by atoms with Crippen LogP contribution in [0.25, 0.3) is 0 Å². The number of nitrogens with zero attached hydrogens (tertiary/aromatic N) is 1. The number of benzene rings is 3. The maximum atomic E-state index is 12.4. The van der Waals surface area contributed by atoms with E-state index in [1.54, 1.807) is 0 Å². The number of hydrogen-bond donors (Lipinski definition) is 1. The molecule has 4 nitrogen and oxygen atoms in total. The first-order valence-corrected chi connectivity index (χ1v) is 11.5. The summed E-state index contributed by atoms with van der Waals surface area (Å²) in [5.74, 6) is -0.208. The number of hydrogen-bond acceptors (Lipinski definition) is 3. The molecule has 4 heteroatoms. The van der Waals surface area contributed by atoms with Gasteiger partial charge in [0.15, 0.2) is 0 Å². The lowest BCUT2D eigenvalue weighted by atomic mass is 9.72. The first-order valence-electron chi connectivity index (χ1n) is 11.5. The van der Waals surface area contributed by atoms with Crippen molar-refractivity contribution >= 4 is 5.91 Å². The topological polar surface area (TPSA) is 55.6 Å². The van der Waals surface area contributed by atoms with Crippen molar-refractivity contribution in [2.45, 2.75) is 30.8 Å². The summed E-state index contributed by atoms with van der Waals surface area (Å²) in [4.78, 5) is 14.8. The zero-order chi connectivity index (χ0) is 22.2. The first kappa shape index (κ1) is 22.3. The van der Waals surface area contributed by atoms with Crippen LogP contribution in [-0.2, 0) is 14.9 Å². The molecule has 166 valence electrons. The number of likely N-dealkylation sites (tertiary alicyclic amines) is 1. The molecular weight excluding hydrogens is 396 g/mol. The van der Waals surface area contributed by atoms with E-state index in [1.165, 1.54) is 11.1 Å². The molecule has 2 N–H and O–H groups in total. The monoisotopic (exact) mass is 428 g/mol. The number of nitrogens with two attached hydrogens (primary N) is 1. The van der Waals surface area contributed by atoms with Crippen LogP contribution in [0, 0.1) is 0 Å². The molecule has 1 heterocycles. The molecule has 0 atom stereocenters. The van der Waals surface area contributed by atoms with Crippen molar-refractivity contribution in [1.82, 2.24) is 4.90 Å².